The van der Waals surface area contributed by atoms with Crippen LogP contribution < -0.4 is 16.1 Å². The SMILES string of the molecule is C/C=C/C(=NCCCN1CCOCC1)NC(=NC)N/N=C/c1ccc(Nc2ccc(-c3cccc(O)c3)cc2)cn1. The van der Waals surface area contributed by atoms with E-state index in [0.29, 0.717) is 11.7 Å². The molecule has 1 fully saturated rings. The molecule has 1 aliphatic heterocycles. The lowest BCUT2D eigenvalue weighted by atomic mass is 10.1. The molecule has 2 aromatic carbocycles. The maximum Gasteiger partial charge on any atom is 0.217 e. The average molecular weight is 555 g/mol. The number of amidine groups is 1. The lowest BCUT2D eigenvalue weighted by Gasteiger charge is -2.26. The molecular formula is C31H38N8O2. The first-order valence-electron chi connectivity index (χ1n) is 13.8. The number of pyridine rings is 1. The number of rotatable bonds is 10. The summed E-state index contributed by atoms with van der Waals surface area (Å²) in [7, 11) is 1.69. The molecule has 0 spiro atoms. The molecule has 4 rings (SSSR count). The standard InChI is InChI=1S/C31H38N8O2/c1-3-6-30(33-15-5-16-39-17-19-41-20-18-39)37-31(32-2)38-35-23-27-13-14-28(22-34-27)36-26-11-9-24(10-12-26)25-7-4-8-29(40)21-25/h3-4,6-14,21-23,36,40H,5,15-20H2,1-2H3,(H2,32,33,37,38)/b6-3+,35-23+. The van der Waals surface area contributed by atoms with E-state index >= 15 is 0 Å². The fourth-order valence-electron chi connectivity index (χ4n) is 4.18. The van der Waals surface area contributed by atoms with Crippen LogP contribution in [0.25, 0.3) is 11.1 Å². The summed E-state index contributed by atoms with van der Waals surface area (Å²) in [6.45, 7) is 7.29. The first-order chi connectivity index (χ1) is 20.1. The number of ether oxygens (including phenoxy) is 1. The molecule has 10 heteroatoms. The van der Waals surface area contributed by atoms with Gasteiger partial charge in [-0.2, -0.15) is 5.10 Å². The number of aromatic hydroxyl groups is 1. The number of allylic oxidation sites excluding steroid dienone is 1. The summed E-state index contributed by atoms with van der Waals surface area (Å²) < 4.78 is 5.41. The van der Waals surface area contributed by atoms with Gasteiger partial charge in [-0.05, 0) is 66.9 Å². The minimum Gasteiger partial charge on any atom is -0.508 e. The quantitative estimate of drug-likeness (QED) is 0.127. The van der Waals surface area contributed by atoms with Gasteiger partial charge in [-0.1, -0.05) is 30.3 Å². The monoisotopic (exact) mass is 554 g/mol. The zero-order chi connectivity index (χ0) is 28.7. The van der Waals surface area contributed by atoms with E-state index in [-0.39, 0.29) is 5.75 Å². The highest BCUT2D eigenvalue weighted by Gasteiger charge is 2.09. The van der Waals surface area contributed by atoms with Crippen LogP contribution in [0.4, 0.5) is 11.4 Å². The lowest BCUT2D eigenvalue weighted by molar-refractivity contribution is 0.0377. The van der Waals surface area contributed by atoms with E-state index in [4.69, 9.17) is 4.74 Å². The molecule has 1 saturated heterocycles. The van der Waals surface area contributed by atoms with Crippen molar-refractivity contribution < 1.29 is 9.84 Å². The van der Waals surface area contributed by atoms with Crippen LogP contribution in [-0.4, -0.2) is 79.4 Å². The molecule has 0 saturated carbocycles. The van der Waals surface area contributed by atoms with Crippen LogP contribution in [0.1, 0.15) is 19.0 Å². The van der Waals surface area contributed by atoms with Crippen LogP contribution in [0.15, 0.2) is 94.1 Å². The molecule has 4 N–H and O–H groups in total. The summed E-state index contributed by atoms with van der Waals surface area (Å²) in [4.78, 5) is 15.8. The van der Waals surface area contributed by atoms with Crippen molar-refractivity contribution in [1.82, 2.24) is 20.6 Å². The minimum atomic E-state index is 0.252. The Labute approximate surface area is 241 Å². The largest absolute Gasteiger partial charge is 0.508 e. The minimum absolute atomic E-state index is 0.252. The van der Waals surface area contributed by atoms with Crippen molar-refractivity contribution in [3.05, 3.63) is 84.7 Å². The highest BCUT2D eigenvalue weighted by molar-refractivity contribution is 6.05. The molecule has 2 heterocycles. The number of hydrogen-bond acceptors (Lipinski definition) is 8. The molecule has 0 amide bonds. The highest BCUT2D eigenvalue weighted by atomic mass is 16.5. The summed E-state index contributed by atoms with van der Waals surface area (Å²) >= 11 is 0. The molecule has 214 valence electrons. The van der Waals surface area contributed by atoms with E-state index in [9.17, 15) is 5.11 Å². The van der Waals surface area contributed by atoms with Gasteiger partial charge in [-0.3, -0.25) is 19.9 Å². The Morgan fingerprint density at radius 3 is 2.56 bits per heavy atom. The van der Waals surface area contributed by atoms with E-state index in [1.165, 1.54) is 0 Å². The third-order valence-electron chi connectivity index (χ3n) is 6.32. The fraction of sp³-hybridized carbons (Fsp3) is 0.290. The van der Waals surface area contributed by atoms with Gasteiger partial charge in [0.1, 0.15) is 11.6 Å². The number of aromatic nitrogens is 1. The maximum atomic E-state index is 9.71. The molecule has 1 aliphatic rings. The Morgan fingerprint density at radius 2 is 1.85 bits per heavy atom. The number of hydrazone groups is 1. The zero-order valence-electron chi connectivity index (χ0n) is 23.6. The number of aliphatic imine (C=N–C) groups is 2. The zero-order valence-corrected chi connectivity index (χ0v) is 23.6. The smallest absolute Gasteiger partial charge is 0.217 e. The Kier molecular flexibility index (Phi) is 11.4. The summed E-state index contributed by atoms with van der Waals surface area (Å²) in [5, 5.41) is 20.5. The summed E-state index contributed by atoms with van der Waals surface area (Å²) in [6.07, 6.45) is 8.22. The van der Waals surface area contributed by atoms with Gasteiger partial charge in [0.25, 0.3) is 0 Å². The van der Waals surface area contributed by atoms with E-state index in [1.54, 1.807) is 31.6 Å². The molecule has 0 radical (unpaired) electrons. The van der Waals surface area contributed by atoms with Gasteiger partial charge in [0, 0.05) is 38.9 Å². The van der Waals surface area contributed by atoms with Crippen molar-refractivity contribution in [2.75, 3.05) is 51.8 Å². The first kappa shape index (κ1) is 29.4. The topological polar surface area (TPSA) is 119 Å². The Balaban J connectivity index is 1.24. The Hall–Kier alpha value is -4.54. The number of benzene rings is 2. The number of morpholine rings is 1. The van der Waals surface area contributed by atoms with Crippen LogP contribution in [0, 0.1) is 0 Å². The first-order valence-corrected chi connectivity index (χ1v) is 13.8. The molecule has 3 aromatic rings. The van der Waals surface area contributed by atoms with Crippen LogP contribution in [0.5, 0.6) is 5.75 Å². The number of phenolic OH excluding ortho intramolecular Hbond substituents is 1. The molecule has 1 aromatic heterocycles. The van der Waals surface area contributed by atoms with Gasteiger partial charge in [-0.25, -0.2) is 5.43 Å². The summed E-state index contributed by atoms with van der Waals surface area (Å²) in [5.74, 6) is 1.46. The van der Waals surface area contributed by atoms with Gasteiger partial charge in [0.2, 0.25) is 5.96 Å². The number of nitrogens with one attached hydrogen (secondary N) is 3. The number of nitrogens with zero attached hydrogens (tertiary/aromatic N) is 5. The van der Waals surface area contributed by atoms with Gasteiger partial charge < -0.3 is 20.5 Å². The van der Waals surface area contributed by atoms with Crippen molar-refractivity contribution >= 4 is 29.4 Å². The molecule has 0 atom stereocenters. The van der Waals surface area contributed by atoms with Crippen LogP contribution in [0.3, 0.4) is 0 Å². The van der Waals surface area contributed by atoms with Crippen LogP contribution >= 0.6 is 0 Å². The number of guanidine groups is 1. The highest BCUT2D eigenvalue weighted by Crippen LogP contribution is 2.25. The van der Waals surface area contributed by atoms with E-state index in [2.05, 4.69) is 41.0 Å². The normalized spacial score (nSPS) is 15.0. The summed E-state index contributed by atoms with van der Waals surface area (Å²) in [6, 6.07) is 19.0. The number of anilines is 2. The second kappa shape index (κ2) is 15.9. The third-order valence-corrected chi connectivity index (χ3v) is 6.32. The van der Waals surface area contributed by atoms with Crippen molar-refractivity contribution in [1.29, 1.82) is 0 Å². The lowest BCUT2D eigenvalue weighted by Crippen LogP contribution is -2.38. The Morgan fingerprint density at radius 1 is 1.05 bits per heavy atom. The van der Waals surface area contributed by atoms with E-state index in [1.807, 2.05) is 67.6 Å². The van der Waals surface area contributed by atoms with Gasteiger partial charge in [0.05, 0.1) is 37.0 Å². The van der Waals surface area contributed by atoms with Crippen molar-refractivity contribution in [3.8, 4) is 16.9 Å². The predicted octanol–water partition coefficient (Wildman–Crippen LogP) is 4.39. The molecule has 10 nitrogen and oxygen atoms in total. The fourth-order valence-corrected chi connectivity index (χ4v) is 4.18. The van der Waals surface area contributed by atoms with E-state index < -0.39 is 0 Å². The second-order valence-electron chi connectivity index (χ2n) is 9.37. The number of phenols is 1. The average Bonchev–Trinajstić information content (AvgIpc) is 3.00. The molecule has 0 aliphatic carbocycles. The third kappa shape index (κ3) is 9.86. The molecule has 0 bridgehead atoms. The summed E-state index contributed by atoms with van der Waals surface area (Å²) in [5.41, 5.74) is 7.41. The second-order valence-corrected chi connectivity index (χ2v) is 9.37. The van der Waals surface area contributed by atoms with Crippen LogP contribution in [-0.2, 0) is 4.74 Å². The molecule has 0 unspecified atom stereocenters. The number of hydrogen-bond donors (Lipinski definition) is 4. The Bertz CT molecular complexity index is 1350. The van der Waals surface area contributed by atoms with Crippen molar-refractivity contribution in [2.45, 2.75) is 13.3 Å². The van der Waals surface area contributed by atoms with Gasteiger partial charge in [0.15, 0.2) is 0 Å². The molecular weight excluding hydrogens is 516 g/mol. The molecule has 41 heavy (non-hydrogen) atoms. The van der Waals surface area contributed by atoms with Crippen molar-refractivity contribution in [2.24, 2.45) is 15.1 Å². The van der Waals surface area contributed by atoms with Crippen LogP contribution in [0.2, 0.25) is 0 Å². The van der Waals surface area contributed by atoms with Gasteiger partial charge >= 0.3 is 0 Å². The van der Waals surface area contributed by atoms with Gasteiger partial charge in [-0.15, -0.1) is 0 Å². The predicted molar refractivity (Wildman–Crippen MR) is 167 cm³/mol. The van der Waals surface area contributed by atoms with Crippen molar-refractivity contribution in [3.63, 3.8) is 0 Å². The maximum absolute atomic E-state index is 9.71. The van der Waals surface area contributed by atoms with E-state index in [0.717, 1.165) is 74.2 Å².